The Hall–Kier alpha value is -4.50. The number of alkyl carbamates (subject to hydrolysis) is 1. The van der Waals surface area contributed by atoms with Gasteiger partial charge in [-0.2, -0.15) is 0 Å². The number of Topliss-reactive ketones (excluding diaryl/α,β-unsaturated/α-hetero) is 2. The molecule has 14 heteroatoms. The molecule has 13 atom stereocenters. The van der Waals surface area contributed by atoms with Crippen LogP contribution in [0.3, 0.4) is 0 Å². The first-order valence-electron chi connectivity index (χ1n) is 21.1. The second-order valence-electron chi connectivity index (χ2n) is 17.5. The minimum atomic E-state index is -1.72. The van der Waals surface area contributed by atoms with Gasteiger partial charge in [0.05, 0.1) is 18.2 Å². The molecule has 1 amide bonds. The molecular formula is C46H63N3O11. The molecule has 2 aromatic rings. The fourth-order valence-electron chi connectivity index (χ4n) is 9.28. The number of ketones is 2. The highest BCUT2D eigenvalue weighted by Gasteiger charge is 2.57. The van der Waals surface area contributed by atoms with Crippen molar-refractivity contribution in [2.45, 2.75) is 129 Å². The van der Waals surface area contributed by atoms with Crippen molar-refractivity contribution in [3.8, 4) is 11.3 Å². The first-order valence-corrected chi connectivity index (χ1v) is 21.1. The molecule has 0 spiro atoms. The van der Waals surface area contributed by atoms with Crippen LogP contribution in [0.15, 0.2) is 54.7 Å². The Morgan fingerprint density at radius 2 is 1.70 bits per heavy atom. The highest BCUT2D eigenvalue weighted by molar-refractivity contribution is 6.00. The van der Waals surface area contributed by atoms with E-state index in [1.54, 1.807) is 53.8 Å². The number of aliphatic hydroxyl groups excluding tert-OH is 1. The average molecular weight is 834 g/mol. The summed E-state index contributed by atoms with van der Waals surface area (Å²) < 4.78 is 30.9. The van der Waals surface area contributed by atoms with Crippen molar-refractivity contribution < 1.29 is 52.8 Å². The maximum Gasteiger partial charge on any atom is 0.408 e. The lowest BCUT2D eigenvalue weighted by atomic mass is 9.70. The first kappa shape index (κ1) is 46.6. The number of nitrogens with zero attached hydrogens (tertiary/aromatic N) is 2. The maximum atomic E-state index is 14.5. The lowest BCUT2D eigenvalue weighted by molar-refractivity contribution is -0.292. The molecule has 1 aromatic carbocycles. The van der Waals surface area contributed by atoms with E-state index in [-0.39, 0.29) is 43.7 Å². The molecule has 3 aliphatic heterocycles. The third-order valence-electron chi connectivity index (χ3n) is 12.7. The summed E-state index contributed by atoms with van der Waals surface area (Å²) >= 11 is 0. The molecule has 3 fully saturated rings. The van der Waals surface area contributed by atoms with Crippen LogP contribution in [0, 0.1) is 29.6 Å². The van der Waals surface area contributed by atoms with Crippen molar-refractivity contribution >= 4 is 35.7 Å². The summed E-state index contributed by atoms with van der Waals surface area (Å²) in [6, 6.07) is 13.1. The van der Waals surface area contributed by atoms with E-state index in [4.69, 9.17) is 23.7 Å². The molecule has 0 saturated carbocycles. The average Bonchev–Trinajstić information content (AvgIpc) is 3.53. The van der Waals surface area contributed by atoms with Crippen molar-refractivity contribution in [1.82, 2.24) is 15.2 Å². The lowest BCUT2D eigenvalue weighted by Crippen LogP contribution is -2.60. The highest BCUT2D eigenvalue weighted by atomic mass is 16.7. The van der Waals surface area contributed by atoms with Gasteiger partial charge in [-0.05, 0) is 78.7 Å². The second-order valence-corrected chi connectivity index (χ2v) is 17.5. The summed E-state index contributed by atoms with van der Waals surface area (Å²) in [5, 5.41) is 14.3. The Kier molecular flexibility index (Phi) is 15.1. The van der Waals surface area contributed by atoms with E-state index >= 15 is 0 Å². The van der Waals surface area contributed by atoms with Gasteiger partial charge in [0.15, 0.2) is 12.1 Å². The molecule has 5 rings (SSSR count). The number of pyridine rings is 1. The highest BCUT2D eigenvalue weighted by Crippen LogP contribution is 2.45. The van der Waals surface area contributed by atoms with Gasteiger partial charge in [0.1, 0.15) is 41.2 Å². The number of amides is 1. The number of fused-ring (bicyclic) bond motifs is 1. The number of cyclic esters (lactones) is 1. The van der Waals surface area contributed by atoms with E-state index in [9.17, 15) is 29.1 Å². The Morgan fingerprint density at radius 3 is 2.33 bits per heavy atom. The van der Waals surface area contributed by atoms with Gasteiger partial charge in [-0.15, -0.1) is 0 Å². The van der Waals surface area contributed by atoms with Gasteiger partial charge in [0.2, 0.25) is 0 Å². The SMILES string of the molecule is CC[C@H]1OC(=O)[C@H](C)C(=O)[C@H](C)[C@@H](OC2O[C@H](C)C[C@H](N(C)C)[C@H]2O)[C@](C)(OC(=O)NC/C=C/c2ccc(-c3ccccn3)cc2)C[C@@H](C)C(=O)C(C)C2CC(=O)O[C@@]21C. The van der Waals surface area contributed by atoms with Gasteiger partial charge in [0.25, 0.3) is 0 Å². The molecule has 4 heterocycles. The third-order valence-corrected chi connectivity index (χ3v) is 12.7. The van der Waals surface area contributed by atoms with E-state index < -0.39 is 89.2 Å². The van der Waals surface area contributed by atoms with Gasteiger partial charge in [0, 0.05) is 48.0 Å². The van der Waals surface area contributed by atoms with E-state index in [1.165, 1.54) is 6.92 Å². The van der Waals surface area contributed by atoms with Crippen molar-refractivity contribution in [2.24, 2.45) is 29.6 Å². The van der Waals surface area contributed by atoms with Gasteiger partial charge >= 0.3 is 18.0 Å². The Bertz CT molecular complexity index is 1870. The molecule has 3 saturated heterocycles. The smallest absolute Gasteiger partial charge is 0.408 e. The van der Waals surface area contributed by atoms with Crippen LogP contribution in [0.5, 0.6) is 0 Å². The molecule has 60 heavy (non-hydrogen) atoms. The summed E-state index contributed by atoms with van der Waals surface area (Å²) in [6.45, 7) is 13.4. The van der Waals surface area contributed by atoms with E-state index in [2.05, 4.69) is 10.3 Å². The van der Waals surface area contributed by atoms with Gasteiger partial charge < -0.3 is 39.0 Å². The standard InChI is InChI=1S/C46H63N3O11/c1-11-36-46(8)33(24-37(50)59-46)28(4)38(51)26(2)25-45(7,60-44(55)48-22-14-15-31-17-19-32(20-18-31)34-16-12-13-21-47-34)41(29(5)39(52)30(6)42(54)57-36)58-43-40(53)35(49(9)10)23-27(3)56-43/h12-21,26-30,33,35-36,40-41,43,53H,11,22-25H2,1-10H3,(H,48,55)/b15-14+/t26-,27-,28?,29+,30-,33?,35+,36-,40-,41-,43?,45-,46+/m1/s1. The van der Waals surface area contributed by atoms with Crippen molar-refractivity contribution in [2.75, 3.05) is 20.6 Å². The zero-order valence-electron chi connectivity index (χ0n) is 36.6. The lowest BCUT2D eigenvalue weighted by Gasteiger charge is -2.47. The Labute approximate surface area is 353 Å². The molecule has 14 nitrogen and oxygen atoms in total. The van der Waals surface area contributed by atoms with Crippen LogP contribution >= 0.6 is 0 Å². The number of rotatable bonds is 9. The normalized spacial score (nSPS) is 35.7. The van der Waals surface area contributed by atoms with Gasteiger partial charge in [-0.1, -0.05) is 70.2 Å². The van der Waals surface area contributed by atoms with Crippen LogP contribution in [0.1, 0.15) is 86.6 Å². The zero-order valence-corrected chi connectivity index (χ0v) is 36.6. The van der Waals surface area contributed by atoms with Gasteiger partial charge in [-0.3, -0.25) is 24.2 Å². The molecular weight excluding hydrogens is 771 g/mol. The van der Waals surface area contributed by atoms with Crippen LogP contribution in [-0.4, -0.2) is 113 Å². The molecule has 328 valence electrons. The van der Waals surface area contributed by atoms with Crippen LogP contribution in [0.4, 0.5) is 4.79 Å². The molecule has 3 aliphatic rings. The van der Waals surface area contributed by atoms with Crippen LogP contribution < -0.4 is 5.32 Å². The summed E-state index contributed by atoms with van der Waals surface area (Å²) in [4.78, 5) is 75.7. The van der Waals surface area contributed by atoms with Crippen LogP contribution in [0.2, 0.25) is 0 Å². The quantitative estimate of drug-likeness (QED) is 0.176. The number of hydrogen-bond acceptors (Lipinski definition) is 13. The second kappa shape index (κ2) is 19.5. The molecule has 3 unspecified atom stereocenters. The minimum absolute atomic E-state index is 0.0678. The third kappa shape index (κ3) is 10.3. The number of aliphatic hydroxyl groups is 1. The number of ether oxygens (including phenoxy) is 5. The number of benzene rings is 1. The Balaban J connectivity index is 1.48. The number of nitrogens with one attached hydrogen (secondary N) is 1. The zero-order chi connectivity index (χ0) is 44.1. The molecule has 0 aliphatic carbocycles. The number of carbonyl (C=O) groups excluding carboxylic acids is 5. The Morgan fingerprint density at radius 1 is 1.00 bits per heavy atom. The maximum absolute atomic E-state index is 14.5. The summed E-state index contributed by atoms with van der Waals surface area (Å²) in [5.74, 6) is -6.83. The van der Waals surface area contributed by atoms with Crippen LogP contribution in [-0.2, 0) is 42.9 Å². The molecule has 0 radical (unpaired) electrons. The first-order chi connectivity index (χ1) is 28.3. The number of carbonyl (C=O) groups is 5. The fourth-order valence-corrected chi connectivity index (χ4v) is 9.28. The monoisotopic (exact) mass is 833 g/mol. The van der Waals surface area contributed by atoms with E-state index in [0.29, 0.717) is 6.42 Å². The van der Waals surface area contributed by atoms with Crippen molar-refractivity contribution in [1.29, 1.82) is 0 Å². The predicted octanol–water partition coefficient (Wildman–Crippen LogP) is 5.79. The molecule has 0 bridgehead atoms. The van der Waals surface area contributed by atoms with E-state index in [1.807, 2.05) is 74.5 Å². The summed E-state index contributed by atoms with van der Waals surface area (Å²) in [6.07, 6.45) is 0.0299. The van der Waals surface area contributed by atoms with Crippen molar-refractivity contribution in [3.63, 3.8) is 0 Å². The number of aromatic nitrogens is 1. The van der Waals surface area contributed by atoms with Gasteiger partial charge in [-0.25, -0.2) is 4.79 Å². The minimum Gasteiger partial charge on any atom is -0.458 e. The molecule has 1 aromatic heterocycles. The largest absolute Gasteiger partial charge is 0.458 e. The predicted molar refractivity (Wildman–Crippen MR) is 223 cm³/mol. The number of esters is 2. The fraction of sp³-hybridized carbons (Fsp3) is 0.609. The summed E-state index contributed by atoms with van der Waals surface area (Å²) in [5.41, 5.74) is -0.343. The van der Waals surface area contributed by atoms with Crippen molar-refractivity contribution in [3.05, 3.63) is 60.3 Å². The summed E-state index contributed by atoms with van der Waals surface area (Å²) in [7, 11) is 3.66. The number of likely N-dealkylation sites (N-methyl/N-ethyl adjacent to an activating group) is 1. The molecule has 2 N–H and O–H groups in total. The van der Waals surface area contributed by atoms with E-state index in [0.717, 1.165) is 16.8 Å². The topological polar surface area (TPSA) is 180 Å². The van der Waals surface area contributed by atoms with Crippen LogP contribution in [0.25, 0.3) is 17.3 Å². The number of hydrogen-bond donors (Lipinski definition) is 2.